The van der Waals surface area contributed by atoms with Gasteiger partial charge in [0.05, 0.1) is 12.1 Å². The van der Waals surface area contributed by atoms with Crippen molar-refractivity contribution in [3.63, 3.8) is 0 Å². The minimum Gasteiger partial charge on any atom is -0.481 e. The summed E-state index contributed by atoms with van der Waals surface area (Å²) >= 11 is 1.05. The molecule has 1 aliphatic heterocycles. The highest BCUT2D eigenvalue weighted by Crippen LogP contribution is 2.22. The highest BCUT2D eigenvalue weighted by molar-refractivity contribution is 8.15. The Hall–Kier alpha value is -2.68. The smallest absolute Gasteiger partial charge is 0.305 e. The van der Waals surface area contributed by atoms with Crippen molar-refractivity contribution < 1.29 is 19.5 Å². The van der Waals surface area contributed by atoms with Gasteiger partial charge in [-0.1, -0.05) is 23.9 Å². The summed E-state index contributed by atoms with van der Waals surface area (Å²) in [4.78, 5) is 33.2. The molecular formula is C15H16N4O4S. The van der Waals surface area contributed by atoms with Gasteiger partial charge in [-0.05, 0) is 24.6 Å². The number of aliphatic carboxylic acids is 1. The molecule has 0 saturated carbocycles. The van der Waals surface area contributed by atoms with Crippen molar-refractivity contribution in [1.82, 2.24) is 5.32 Å². The molecule has 1 heterocycles. The number of rotatable bonds is 5. The summed E-state index contributed by atoms with van der Waals surface area (Å²) in [6, 6.07) is 7.07. The van der Waals surface area contributed by atoms with E-state index in [1.54, 1.807) is 31.2 Å². The average Bonchev–Trinajstić information content (AvgIpc) is 2.84. The molecule has 3 N–H and O–H groups in total. The van der Waals surface area contributed by atoms with E-state index >= 15 is 0 Å². The Morgan fingerprint density at radius 1 is 1.29 bits per heavy atom. The number of hydrogen-bond acceptors (Lipinski definition) is 6. The third-order valence-corrected chi connectivity index (χ3v) is 4.12. The fourth-order valence-corrected chi connectivity index (χ4v) is 2.83. The first kappa shape index (κ1) is 17.7. The van der Waals surface area contributed by atoms with Gasteiger partial charge in [-0.15, -0.1) is 5.10 Å². The molecule has 9 heteroatoms. The van der Waals surface area contributed by atoms with Crippen molar-refractivity contribution >= 4 is 46.1 Å². The minimum atomic E-state index is -1.04. The van der Waals surface area contributed by atoms with E-state index in [1.807, 2.05) is 0 Å². The Morgan fingerprint density at radius 2 is 1.96 bits per heavy atom. The van der Waals surface area contributed by atoms with Crippen LogP contribution in [0, 0.1) is 0 Å². The summed E-state index contributed by atoms with van der Waals surface area (Å²) in [5, 5.41) is 21.5. The summed E-state index contributed by atoms with van der Waals surface area (Å²) in [6.45, 7) is 3.19. The highest BCUT2D eigenvalue weighted by atomic mass is 32.2. The fraction of sp³-hybridized carbons (Fsp3) is 0.267. The van der Waals surface area contributed by atoms with E-state index in [0.29, 0.717) is 11.4 Å². The average molecular weight is 348 g/mol. The molecule has 2 rings (SSSR count). The zero-order valence-corrected chi connectivity index (χ0v) is 13.9. The normalized spacial score (nSPS) is 19.2. The van der Waals surface area contributed by atoms with Crippen molar-refractivity contribution in [2.24, 2.45) is 10.2 Å². The standard InChI is InChI=1S/C15H16N4O4S/c1-8(10-3-5-11(6-4-10)16-9(2)20)18-19-15-17-14(23)12(24-15)7-13(21)22/h3-6,12H,7H2,1-2H3,(H,16,20)(H,21,22)(H,17,19,23)/t12-/m1/s1. The summed E-state index contributed by atoms with van der Waals surface area (Å²) in [5.41, 5.74) is 2.11. The molecule has 1 saturated heterocycles. The number of amides is 2. The number of nitrogens with one attached hydrogen (secondary N) is 2. The van der Waals surface area contributed by atoms with Crippen molar-refractivity contribution in [2.45, 2.75) is 25.5 Å². The third-order valence-electron chi connectivity index (χ3n) is 3.05. The quantitative estimate of drug-likeness (QED) is 0.549. The van der Waals surface area contributed by atoms with Crippen LogP contribution in [0.3, 0.4) is 0 Å². The summed E-state index contributed by atoms with van der Waals surface area (Å²) in [6.07, 6.45) is -0.261. The van der Waals surface area contributed by atoms with Gasteiger partial charge in [-0.25, -0.2) is 0 Å². The number of carboxylic acids is 1. The number of amidine groups is 1. The Kier molecular flexibility index (Phi) is 5.69. The fourth-order valence-electron chi connectivity index (χ4n) is 1.92. The Morgan fingerprint density at radius 3 is 2.54 bits per heavy atom. The number of anilines is 1. The molecule has 1 aromatic carbocycles. The third kappa shape index (κ3) is 4.92. The molecule has 0 spiro atoms. The van der Waals surface area contributed by atoms with Gasteiger partial charge in [0.1, 0.15) is 5.25 Å². The topological polar surface area (TPSA) is 120 Å². The highest BCUT2D eigenvalue weighted by Gasteiger charge is 2.32. The van der Waals surface area contributed by atoms with E-state index in [0.717, 1.165) is 17.3 Å². The predicted octanol–water partition coefficient (Wildman–Crippen LogP) is 1.43. The van der Waals surface area contributed by atoms with Crippen LogP contribution in [-0.4, -0.2) is 39.0 Å². The lowest BCUT2D eigenvalue weighted by atomic mass is 10.1. The molecule has 1 aromatic rings. The second-order valence-electron chi connectivity index (χ2n) is 5.04. The number of benzene rings is 1. The van der Waals surface area contributed by atoms with E-state index in [4.69, 9.17) is 5.11 Å². The van der Waals surface area contributed by atoms with Crippen LogP contribution in [-0.2, 0) is 14.4 Å². The lowest BCUT2D eigenvalue weighted by molar-refractivity contribution is -0.138. The maximum absolute atomic E-state index is 11.6. The van der Waals surface area contributed by atoms with Crippen LogP contribution in [0.4, 0.5) is 5.69 Å². The lowest BCUT2D eigenvalue weighted by Crippen LogP contribution is -2.26. The van der Waals surface area contributed by atoms with E-state index < -0.39 is 11.2 Å². The first-order valence-electron chi connectivity index (χ1n) is 7.04. The van der Waals surface area contributed by atoms with Crippen molar-refractivity contribution in [1.29, 1.82) is 0 Å². The van der Waals surface area contributed by atoms with Crippen LogP contribution in [0.1, 0.15) is 25.8 Å². The summed E-state index contributed by atoms with van der Waals surface area (Å²) in [5.74, 6) is -1.57. The molecule has 1 fully saturated rings. The van der Waals surface area contributed by atoms with Gasteiger partial charge in [0.15, 0.2) is 5.17 Å². The molecule has 1 aliphatic rings. The SMILES string of the molecule is CC(=O)Nc1ccc(C(C)=N/N=C2/NC(=O)[C@@H](CC(=O)O)S2)cc1. The predicted molar refractivity (Wildman–Crippen MR) is 92.2 cm³/mol. The maximum Gasteiger partial charge on any atom is 0.305 e. The number of carbonyl (C=O) groups is 3. The Labute approximate surface area is 142 Å². The van der Waals surface area contributed by atoms with Gasteiger partial charge in [-0.3, -0.25) is 14.4 Å². The van der Waals surface area contributed by atoms with Gasteiger partial charge < -0.3 is 15.7 Å². The van der Waals surface area contributed by atoms with Crippen LogP contribution in [0.25, 0.3) is 0 Å². The zero-order valence-electron chi connectivity index (χ0n) is 13.1. The van der Waals surface area contributed by atoms with Crippen LogP contribution in [0.15, 0.2) is 34.5 Å². The monoisotopic (exact) mass is 348 g/mol. The molecule has 1 atom stereocenters. The first-order valence-corrected chi connectivity index (χ1v) is 7.92. The summed E-state index contributed by atoms with van der Waals surface area (Å²) < 4.78 is 0. The lowest BCUT2D eigenvalue weighted by Gasteiger charge is -2.03. The van der Waals surface area contributed by atoms with E-state index in [1.165, 1.54) is 6.92 Å². The van der Waals surface area contributed by atoms with Crippen molar-refractivity contribution in [3.8, 4) is 0 Å². The number of hydrogen-bond donors (Lipinski definition) is 3. The van der Waals surface area contributed by atoms with Gasteiger partial charge in [0, 0.05) is 12.6 Å². The van der Waals surface area contributed by atoms with E-state index in [2.05, 4.69) is 20.8 Å². The van der Waals surface area contributed by atoms with E-state index in [9.17, 15) is 14.4 Å². The van der Waals surface area contributed by atoms with E-state index in [-0.39, 0.29) is 23.4 Å². The van der Waals surface area contributed by atoms with Gasteiger partial charge in [0.25, 0.3) is 0 Å². The molecule has 126 valence electrons. The molecular weight excluding hydrogens is 332 g/mol. The van der Waals surface area contributed by atoms with Crippen LogP contribution in [0.2, 0.25) is 0 Å². The molecule has 0 unspecified atom stereocenters. The Bertz CT molecular complexity index is 727. The van der Waals surface area contributed by atoms with Gasteiger partial charge in [-0.2, -0.15) is 5.10 Å². The Balaban J connectivity index is 2.04. The maximum atomic E-state index is 11.6. The molecule has 0 bridgehead atoms. The molecule has 0 radical (unpaired) electrons. The first-order chi connectivity index (χ1) is 11.3. The summed E-state index contributed by atoms with van der Waals surface area (Å²) in [7, 11) is 0. The van der Waals surface area contributed by atoms with Crippen LogP contribution in [0.5, 0.6) is 0 Å². The number of carboxylic acid groups (broad SMARTS) is 1. The largest absolute Gasteiger partial charge is 0.481 e. The molecule has 2 amide bonds. The molecule has 8 nitrogen and oxygen atoms in total. The molecule has 24 heavy (non-hydrogen) atoms. The molecule has 0 aromatic heterocycles. The zero-order chi connectivity index (χ0) is 17.7. The van der Waals surface area contributed by atoms with Crippen molar-refractivity contribution in [2.75, 3.05) is 5.32 Å². The minimum absolute atomic E-state index is 0.149. The second-order valence-corrected chi connectivity index (χ2v) is 6.23. The number of nitrogens with zero attached hydrogens (tertiary/aromatic N) is 2. The van der Waals surface area contributed by atoms with Gasteiger partial charge >= 0.3 is 5.97 Å². The molecule has 0 aliphatic carbocycles. The van der Waals surface area contributed by atoms with Crippen LogP contribution < -0.4 is 10.6 Å². The number of carbonyl (C=O) groups excluding carboxylic acids is 2. The van der Waals surface area contributed by atoms with Crippen LogP contribution >= 0.6 is 11.8 Å². The second kappa shape index (κ2) is 7.73. The van der Waals surface area contributed by atoms with Crippen molar-refractivity contribution in [3.05, 3.63) is 29.8 Å². The van der Waals surface area contributed by atoms with Gasteiger partial charge in [0.2, 0.25) is 11.8 Å². The number of thioether (sulfide) groups is 1.